The van der Waals surface area contributed by atoms with E-state index >= 15 is 0 Å². The number of hydrogen-bond acceptors (Lipinski definition) is 5. The monoisotopic (exact) mass is 680 g/mol. The fraction of sp³-hybridized carbons (Fsp3) is 0.929. The molecule has 0 aromatic heterocycles. The molecule has 3 N–H and O–H groups in total. The summed E-state index contributed by atoms with van der Waals surface area (Å²) in [5.41, 5.74) is 0. The van der Waals surface area contributed by atoms with Gasteiger partial charge < -0.3 is 25.0 Å². The van der Waals surface area contributed by atoms with E-state index in [1.165, 1.54) is 141 Å². The van der Waals surface area contributed by atoms with Crippen LogP contribution in [0.1, 0.15) is 213 Å². The molecular formula is C42H81NO5. The molecule has 1 aliphatic heterocycles. The third-order valence-electron chi connectivity index (χ3n) is 10.4. The highest BCUT2D eigenvalue weighted by Gasteiger charge is 2.45. The first-order valence-corrected chi connectivity index (χ1v) is 21.1. The van der Waals surface area contributed by atoms with Crippen LogP contribution in [0, 0.1) is 0 Å². The highest BCUT2D eigenvalue weighted by molar-refractivity contribution is 5.76. The molecular weight excluding hydrogens is 598 g/mol. The van der Waals surface area contributed by atoms with Crippen molar-refractivity contribution in [3.05, 3.63) is 12.2 Å². The molecule has 1 heterocycles. The van der Waals surface area contributed by atoms with Gasteiger partial charge >= 0.3 is 0 Å². The highest BCUT2D eigenvalue weighted by Crippen LogP contribution is 2.25. The van der Waals surface area contributed by atoms with Crippen LogP contribution in [0.3, 0.4) is 0 Å². The minimum Gasteiger partial charge on any atom is -0.388 e. The lowest BCUT2D eigenvalue weighted by molar-refractivity contribution is -0.253. The van der Waals surface area contributed by atoms with Crippen molar-refractivity contribution in [2.75, 3.05) is 6.54 Å². The molecule has 0 spiro atoms. The van der Waals surface area contributed by atoms with E-state index in [0.717, 1.165) is 44.9 Å². The number of aliphatic hydroxyl groups excluding tert-OH is 3. The maximum absolute atomic E-state index is 13.4. The van der Waals surface area contributed by atoms with Gasteiger partial charge in [0.15, 0.2) is 6.23 Å². The van der Waals surface area contributed by atoms with Crippen molar-refractivity contribution in [3.63, 3.8) is 0 Å². The van der Waals surface area contributed by atoms with Gasteiger partial charge in [-0.05, 0) is 45.4 Å². The number of carbonyl (C=O) groups is 1. The minimum atomic E-state index is -1.32. The van der Waals surface area contributed by atoms with Crippen molar-refractivity contribution >= 4 is 5.91 Å². The summed E-state index contributed by atoms with van der Waals surface area (Å²) < 4.78 is 5.91. The van der Waals surface area contributed by atoms with Gasteiger partial charge in [0.05, 0.1) is 6.10 Å². The molecule has 6 nitrogen and oxygen atoms in total. The van der Waals surface area contributed by atoms with Gasteiger partial charge in [0, 0.05) is 13.0 Å². The number of ether oxygens (including phenoxy) is 1. The average Bonchev–Trinajstić information content (AvgIpc) is 3.08. The first-order chi connectivity index (χ1) is 23.4. The first-order valence-electron chi connectivity index (χ1n) is 21.1. The Hall–Kier alpha value is -0.950. The molecule has 5 atom stereocenters. The van der Waals surface area contributed by atoms with Crippen LogP contribution in [0.4, 0.5) is 0 Å². The second-order valence-electron chi connectivity index (χ2n) is 14.9. The number of rotatable bonds is 33. The van der Waals surface area contributed by atoms with Crippen molar-refractivity contribution in [3.8, 4) is 0 Å². The fourth-order valence-corrected chi connectivity index (χ4v) is 7.00. The lowest BCUT2D eigenvalue weighted by Gasteiger charge is -2.44. The van der Waals surface area contributed by atoms with E-state index in [1.54, 1.807) is 11.8 Å². The third kappa shape index (κ3) is 22.7. The van der Waals surface area contributed by atoms with Crippen LogP contribution >= 0.6 is 0 Å². The van der Waals surface area contributed by atoms with Gasteiger partial charge in [0.2, 0.25) is 5.91 Å². The van der Waals surface area contributed by atoms with E-state index < -0.39 is 30.6 Å². The van der Waals surface area contributed by atoms with Crippen molar-refractivity contribution in [2.24, 2.45) is 0 Å². The van der Waals surface area contributed by atoms with Gasteiger partial charge in [0.25, 0.3) is 0 Å². The molecule has 0 bridgehead atoms. The summed E-state index contributed by atoms with van der Waals surface area (Å²) in [5.74, 6) is -0.0200. The van der Waals surface area contributed by atoms with E-state index in [9.17, 15) is 20.1 Å². The normalized spacial score (nSPS) is 21.3. The SMILES string of the molecule is CCCCCCCCC=CCCCCCCCC(=O)N(CCCCCCCCCCCCCCCCCC)C1O[C@H](C)[C@@H](O)[C@H](O)[C@@H]1O. The minimum absolute atomic E-state index is 0.0200. The van der Waals surface area contributed by atoms with Crippen molar-refractivity contribution in [1.82, 2.24) is 4.90 Å². The maximum atomic E-state index is 13.4. The molecule has 0 aliphatic carbocycles. The predicted molar refractivity (Wildman–Crippen MR) is 203 cm³/mol. The fourth-order valence-electron chi connectivity index (χ4n) is 7.00. The van der Waals surface area contributed by atoms with Gasteiger partial charge in [-0.3, -0.25) is 4.79 Å². The number of carbonyl (C=O) groups excluding carboxylic acids is 1. The second kappa shape index (κ2) is 32.0. The van der Waals surface area contributed by atoms with E-state index in [1.807, 2.05) is 0 Å². The largest absolute Gasteiger partial charge is 0.388 e. The summed E-state index contributed by atoms with van der Waals surface area (Å²) in [7, 11) is 0. The van der Waals surface area contributed by atoms with Crippen LogP contribution in [0.25, 0.3) is 0 Å². The number of allylic oxidation sites excluding steroid dienone is 2. The van der Waals surface area contributed by atoms with Crippen LogP contribution in [0.5, 0.6) is 0 Å². The molecule has 0 aromatic carbocycles. The Labute approximate surface area is 297 Å². The van der Waals surface area contributed by atoms with Gasteiger partial charge in [-0.15, -0.1) is 0 Å². The van der Waals surface area contributed by atoms with Crippen molar-refractivity contribution in [1.29, 1.82) is 0 Å². The second-order valence-corrected chi connectivity index (χ2v) is 14.9. The van der Waals surface area contributed by atoms with Crippen LogP contribution in [0.2, 0.25) is 0 Å². The van der Waals surface area contributed by atoms with E-state index in [0.29, 0.717) is 13.0 Å². The highest BCUT2D eigenvalue weighted by atomic mass is 16.5. The van der Waals surface area contributed by atoms with Crippen molar-refractivity contribution < 1.29 is 24.9 Å². The zero-order valence-corrected chi connectivity index (χ0v) is 32.1. The van der Waals surface area contributed by atoms with E-state index in [4.69, 9.17) is 4.74 Å². The standard InChI is InChI=1S/C42H81NO5/c1-4-6-8-10-12-14-16-18-20-22-24-26-28-30-32-34-36-43(42-41(47)40(46)39(45)37(3)48-42)38(44)35-33-31-29-27-25-23-21-19-17-15-13-11-9-7-5-2/h19,21,37,39-42,45-47H,4-18,20,22-36H2,1-3H3/t37-,39-,40+,41+,42?/m1/s1. The molecule has 0 aromatic rings. The Morgan fingerprint density at radius 2 is 0.896 bits per heavy atom. The molecule has 1 rings (SSSR count). The molecule has 0 radical (unpaired) electrons. The summed E-state index contributed by atoms with van der Waals surface area (Å²) in [5, 5.41) is 31.4. The Kier molecular flexibility index (Phi) is 30.0. The average molecular weight is 680 g/mol. The molecule has 1 fully saturated rings. The Bertz CT molecular complexity index is 746. The number of amides is 1. The topological polar surface area (TPSA) is 90.2 Å². The molecule has 1 amide bonds. The van der Waals surface area contributed by atoms with Crippen LogP contribution in [-0.4, -0.2) is 63.3 Å². The van der Waals surface area contributed by atoms with Gasteiger partial charge in [0.1, 0.15) is 18.3 Å². The maximum Gasteiger partial charge on any atom is 0.224 e. The number of aliphatic hydroxyl groups is 3. The van der Waals surface area contributed by atoms with Gasteiger partial charge in [-0.25, -0.2) is 0 Å². The molecule has 6 heteroatoms. The summed E-state index contributed by atoms with van der Waals surface area (Å²) in [6.45, 7) is 6.74. The van der Waals surface area contributed by atoms with Crippen LogP contribution in [0.15, 0.2) is 12.2 Å². The Balaban J connectivity index is 2.25. The number of nitrogens with zero attached hydrogens (tertiary/aromatic N) is 1. The smallest absolute Gasteiger partial charge is 0.224 e. The third-order valence-corrected chi connectivity index (χ3v) is 10.4. The zero-order valence-electron chi connectivity index (χ0n) is 32.1. The molecule has 1 aliphatic rings. The summed E-state index contributed by atoms with van der Waals surface area (Å²) >= 11 is 0. The lowest BCUT2D eigenvalue weighted by Crippen LogP contribution is -2.62. The number of unbranched alkanes of at least 4 members (excludes halogenated alkanes) is 26. The Morgan fingerprint density at radius 3 is 1.33 bits per heavy atom. The van der Waals surface area contributed by atoms with Gasteiger partial charge in [-0.2, -0.15) is 0 Å². The predicted octanol–water partition coefficient (Wildman–Crippen LogP) is 10.9. The quantitative estimate of drug-likeness (QED) is 0.0474. The zero-order chi connectivity index (χ0) is 35.1. The van der Waals surface area contributed by atoms with Gasteiger partial charge in [-0.1, -0.05) is 174 Å². The molecule has 0 saturated carbocycles. The number of hydrogen-bond donors (Lipinski definition) is 3. The van der Waals surface area contributed by atoms with Crippen LogP contribution in [-0.2, 0) is 9.53 Å². The first kappa shape index (κ1) is 45.1. The molecule has 48 heavy (non-hydrogen) atoms. The lowest BCUT2D eigenvalue weighted by atomic mass is 9.97. The molecule has 1 saturated heterocycles. The summed E-state index contributed by atoms with van der Waals surface area (Å²) in [6.07, 6.45) is 36.3. The summed E-state index contributed by atoms with van der Waals surface area (Å²) in [6, 6.07) is 0. The van der Waals surface area contributed by atoms with E-state index in [2.05, 4.69) is 26.0 Å². The summed E-state index contributed by atoms with van der Waals surface area (Å²) in [4.78, 5) is 15.0. The Morgan fingerprint density at radius 1 is 0.521 bits per heavy atom. The van der Waals surface area contributed by atoms with Crippen molar-refractivity contribution in [2.45, 2.75) is 244 Å². The van der Waals surface area contributed by atoms with Crippen LogP contribution < -0.4 is 0 Å². The molecule has 284 valence electrons. The molecule has 1 unspecified atom stereocenters. The van der Waals surface area contributed by atoms with E-state index in [-0.39, 0.29) is 5.91 Å².